The molecule has 5 nitrogen and oxygen atoms in total. The lowest BCUT2D eigenvalue weighted by molar-refractivity contribution is 0.318. The molecule has 0 bridgehead atoms. The maximum absolute atomic E-state index is 8.68. The molecule has 5 heteroatoms. The Kier molecular flexibility index (Phi) is 3.72. The van der Waals surface area contributed by atoms with Gasteiger partial charge in [0.2, 0.25) is 0 Å². The fourth-order valence-electron chi connectivity index (χ4n) is 1.98. The van der Waals surface area contributed by atoms with Crippen molar-refractivity contribution in [3.8, 4) is 5.75 Å². The fraction of sp³-hybridized carbons (Fsp3) is 0.462. The Morgan fingerprint density at radius 2 is 2.33 bits per heavy atom. The predicted molar refractivity (Wildman–Crippen MR) is 69.9 cm³/mol. The largest absolute Gasteiger partial charge is 0.496 e. The van der Waals surface area contributed by atoms with E-state index in [0.717, 1.165) is 23.8 Å². The molecule has 1 aliphatic carbocycles. The van der Waals surface area contributed by atoms with Crippen LogP contribution in [0, 0.1) is 5.92 Å². The third kappa shape index (κ3) is 2.73. The summed E-state index contributed by atoms with van der Waals surface area (Å²) in [6.45, 7) is 2.95. The van der Waals surface area contributed by atoms with E-state index in [-0.39, 0.29) is 5.84 Å². The zero-order valence-electron chi connectivity index (χ0n) is 10.7. The van der Waals surface area contributed by atoms with E-state index in [1.807, 2.05) is 12.1 Å². The van der Waals surface area contributed by atoms with E-state index in [4.69, 9.17) is 15.7 Å². The number of hydrogen-bond donors (Lipinski definition) is 3. The maximum Gasteiger partial charge on any atom is 0.170 e. The van der Waals surface area contributed by atoms with Crippen molar-refractivity contribution in [3.05, 3.63) is 29.3 Å². The molecule has 1 aromatic rings. The molecule has 1 fully saturated rings. The molecule has 2 rings (SSSR count). The first-order chi connectivity index (χ1) is 8.65. The first-order valence-electron chi connectivity index (χ1n) is 6.04. The number of rotatable bonds is 5. The minimum absolute atomic E-state index is 0.110. The fourth-order valence-corrected chi connectivity index (χ4v) is 1.98. The molecule has 18 heavy (non-hydrogen) atoms. The van der Waals surface area contributed by atoms with Crippen molar-refractivity contribution in [3.63, 3.8) is 0 Å². The number of hydrogen-bond acceptors (Lipinski definition) is 4. The number of nitrogens with zero attached hydrogens (tertiary/aromatic N) is 1. The van der Waals surface area contributed by atoms with Crippen LogP contribution in [0.1, 0.15) is 24.5 Å². The van der Waals surface area contributed by atoms with E-state index in [2.05, 4.69) is 17.4 Å². The second-order valence-corrected chi connectivity index (χ2v) is 4.71. The minimum Gasteiger partial charge on any atom is -0.496 e. The molecule has 0 amide bonds. The first-order valence-corrected chi connectivity index (χ1v) is 6.04. The van der Waals surface area contributed by atoms with Gasteiger partial charge in [-0.3, -0.25) is 0 Å². The third-order valence-corrected chi connectivity index (χ3v) is 3.35. The smallest absolute Gasteiger partial charge is 0.170 e. The number of nitrogens with one attached hydrogen (secondary N) is 1. The van der Waals surface area contributed by atoms with Crippen molar-refractivity contribution < 1.29 is 9.94 Å². The van der Waals surface area contributed by atoms with Gasteiger partial charge in [0.1, 0.15) is 5.75 Å². The standard InChI is InChI=1S/C13H19N3O2/c1-8-5-11(8)15-7-10-6-9(13(14)16-17)3-4-12(10)18-2/h3-4,6,8,11,15,17H,5,7H2,1-2H3,(H2,14,16). The molecule has 1 aromatic carbocycles. The number of ether oxygens (including phenoxy) is 1. The lowest BCUT2D eigenvalue weighted by atomic mass is 10.1. The average Bonchev–Trinajstić information content (AvgIpc) is 3.11. The van der Waals surface area contributed by atoms with E-state index < -0.39 is 0 Å². The van der Waals surface area contributed by atoms with E-state index in [9.17, 15) is 0 Å². The highest BCUT2D eigenvalue weighted by Gasteiger charge is 2.31. The van der Waals surface area contributed by atoms with Crippen molar-refractivity contribution in [1.82, 2.24) is 5.32 Å². The second kappa shape index (κ2) is 5.27. The molecule has 1 saturated carbocycles. The van der Waals surface area contributed by atoms with Crippen LogP contribution in [0.4, 0.5) is 0 Å². The van der Waals surface area contributed by atoms with Gasteiger partial charge in [-0.25, -0.2) is 0 Å². The van der Waals surface area contributed by atoms with Gasteiger partial charge >= 0.3 is 0 Å². The number of amidine groups is 1. The average molecular weight is 249 g/mol. The van der Waals surface area contributed by atoms with Crippen LogP contribution in [0.15, 0.2) is 23.4 Å². The quantitative estimate of drug-likeness (QED) is 0.318. The van der Waals surface area contributed by atoms with Crippen LogP contribution in [0.2, 0.25) is 0 Å². The van der Waals surface area contributed by atoms with Crippen LogP contribution in [-0.2, 0) is 6.54 Å². The van der Waals surface area contributed by atoms with Crippen LogP contribution >= 0.6 is 0 Å². The van der Waals surface area contributed by atoms with Gasteiger partial charge in [0.25, 0.3) is 0 Å². The Bertz CT molecular complexity index is 460. The number of methoxy groups -OCH3 is 1. The van der Waals surface area contributed by atoms with Gasteiger partial charge in [0.05, 0.1) is 7.11 Å². The van der Waals surface area contributed by atoms with Gasteiger partial charge in [-0.2, -0.15) is 0 Å². The summed E-state index contributed by atoms with van der Waals surface area (Å²) in [5.74, 6) is 1.67. The molecule has 0 aliphatic heterocycles. The van der Waals surface area contributed by atoms with E-state index >= 15 is 0 Å². The molecular formula is C13H19N3O2. The van der Waals surface area contributed by atoms with Crippen molar-refractivity contribution >= 4 is 5.84 Å². The molecule has 0 aromatic heterocycles. The highest BCUT2D eigenvalue weighted by Crippen LogP contribution is 2.30. The Hall–Kier alpha value is -1.75. The highest BCUT2D eigenvalue weighted by molar-refractivity contribution is 5.97. The molecule has 4 N–H and O–H groups in total. The molecular weight excluding hydrogens is 230 g/mol. The highest BCUT2D eigenvalue weighted by atomic mass is 16.5. The van der Waals surface area contributed by atoms with Gasteiger partial charge in [-0.05, 0) is 30.5 Å². The van der Waals surface area contributed by atoms with Gasteiger partial charge in [0.15, 0.2) is 5.84 Å². The number of oxime groups is 1. The predicted octanol–water partition coefficient (Wildman–Crippen LogP) is 1.29. The number of nitrogens with two attached hydrogens (primary N) is 1. The summed E-state index contributed by atoms with van der Waals surface area (Å²) in [6, 6.07) is 6.09. The Balaban J connectivity index is 2.14. The molecule has 0 heterocycles. The van der Waals surface area contributed by atoms with Crippen molar-refractivity contribution in [2.75, 3.05) is 7.11 Å². The van der Waals surface area contributed by atoms with E-state index in [1.54, 1.807) is 13.2 Å². The molecule has 2 unspecified atom stereocenters. The SMILES string of the molecule is COc1ccc(/C(N)=N/O)cc1CNC1CC1C. The van der Waals surface area contributed by atoms with Crippen molar-refractivity contribution in [2.45, 2.75) is 25.9 Å². The topological polar surface area (TPSA) is 79.9 Å². The molecule has 0 spiro atoms. The summed E-state index contributed by atoms with van der Waals surface area (Å²) in [5.41, 5.74) is 7.29. The zero-order chi connectivity index (χ0) is 13.1. The summed E-state index contributed by atoms with van der Waals surface area (Å²) in [4.78, 5) is 0. The Morgan fingerprint density at radius 3 is 2.89 bits per heavy atom. The summed E-state index contributed by atoms with van der Waals surface area (Å²) in [5, 5.41) is 15.2. The van der Waals surface area contributed by atoms with Crippen molar-refractivity contribution in [2.24, 2.45) is 16.8 Å². The molecule has 1 aliphatic rings. The first kappa shape index (κ1) is 12.7. The molecule has 0 saturated heterocycles. The molecule has 0 radical (unpaired) electrons. The van der Waals surface area contributed by atoms with E-state index in [1.165, 1.54) is 6.42 Å². The maximum atomic E-state index is 8.68. The van der Waals surface area contributed by atoms with Crippen LogP contribution in [-0.4, -0.2) is 24.2 Å². The Labute approximate surface area is 107 Å². The minimum atomic E-state index is 0.110. The van der Waals surface area contributed by atoms with Crippen LogP contribution < -0.4 is 15.8 Å². The molecule has 2 atom stereocenters. The normalized spacial score (nSPS) is 22.9. The Morgan fingerprint density at radius 1 is 1.61 bits per heavy atom. The van der Waals surface area contributed by atoms with Gasteiger partial charge in [-0.15, -0.1) is 0 Å². The lowest BCUT2D eigenvalue weighted by Gasteiger charge is -2.11. The number of benzene rings is 1. The molecule has 98 valence electrons. The van der Waals surface area contributed by atoms with Crippen LogP contribution in [0.3, 0.4) is 0 Å². The van der Waals surface area contributed by atoms with E-state index in [0.29, 0.717) is 11.6 Å². The monoisotopic (exact) mass is 249 g/mol. The summed E-state index contributed by atoms with van der Waals surface area (Å²) in [7, 11) is 1.64. The lowest BCUT2D eigenvalue weighted by Crippen LogP contribution is -2.19. The van der Waals surface area contributed by atoms with Crippen molar-refractivity contribution in [1.29, 1.82) is 0 Å². The van der Waals surface area contributed by atoms with Gasteiger partial charge in [-0.1, -0.05) is 12.1 Å². The second-order valence-electron chi connectivity index (χ2n) is 4.71. The van der Waals surface area contributed by atoms with Crippen LogP contribution in [0.25, 0.3) is 0 Å². The van der Waals surface area contributed by atoms with Gasteiger partial charge in [0, 0.05) is 23.7 Å². The summed E-state index contributed by atoms with van der Waals surface area (Å²) >= 11 is 0. The zero-order valence-corrected chi connectivity index (χ0v) is 10.7. The van der Waals surface area contributed by atoms with Gasteiger partial charge < -0.3 is 21.0 Å². The third-order valence-electron chi connectivity index (χ3n) is 3.35. The van der Waals surface area contributed by atoms with Crippen LogP contribution in [0.5, 0.6) is 5.75 Å². The summed E-state index contributed by atoms with van der Waals surface area (Å²) < 4.78 is 5.31. The summed E-state index contributed by atoms with van der Waals surface area (Å²) in [6.07, 6.45) is 1.22.